The van der Waals surface area contributed by atoms with Crippen LogP contribution in [-0.4, -0.2) is 30.0 Å². The second-order valence-corrected chi connectivity index (χ2v) is 7.36. The number of nitro benzene ring substituents is 1. The lowest BCUT2D eigenvalue weighted by atomic mass is 10.1. The molecule has 9 nitrogen and oxygen atoms in total. The summed E-state index contributed by atoms with van der Waals surface area (Å²) >= 11 is 1.39. The number of aryl methyl sites for hydroxylation is 1. The van der Waals surface area contributed by atoms with E-state index in [2.05, 4.69) is 20.4 Å². The first kappa shape index (κ1) is 18.7. The number of hydrogen-bond donors (Lipinski definition) is 2. The van der Waals surface area contributed by atoms with Crippen molar-refractivity contribution >= 4 is 17.4 Å². The standard InChI is InChI=1S/C19H17N7O2S/c1-12-2-6-14(7-3-12)16-10-17(22-21-16)18-23-24-19(25(18)20)29-11-13-4-8-15(9-5-13)26(27)28/h2-10H,11,20H2,1H3,(H,21,22). The zero-order valence-corrected chi connectivity index (χ0v) is 16.3. The number of rotatable bonds is 6. The van der Waals surface area contributed by atoms with Gasteiger partial charge in [-0.2, -0.15) is 5.10 Å². The van der Waals surface area contributed by atoms with Crippen LogP contribution in [0.4, 0.5) is 5.69 Å². The highest BCUT2D eigenvalue weighted by Crippen LogP contribution is 2.26. The normalized spacial score (nSPS) is 10.9. The fourth-order valence-electron chi connectivity index (χ4n) is 2.73. The molecule has 0 spiro atoms. The predicted octanol–water partition coefficient (Wildman–Crippen LogP) is 3.56. The zero-order chi connectivity index (χ0) is 20.4. The Kier molecular flexibility index (Phi) is 5.00. The third-order valence-electron chi connectivity index (χ3n) is 4.35. The number of nitro groups is 1. The van der Waals surface area contributed by atoms with Gasteiger partial charge < -0.3 is 5.84 Å². The highest BCUT2D eigenvalue weighted by atomic mass is 32.2. The molecule has 2 aromatic heterocycles. The molecule has 2 aromatic carbocycles. The molecule has 2 heterocycles. The summed E-state index contributed by atoms with van der Waals surface area (Å²) in [7, 11) is 0. The number of nitrogen functional groups attached to an aromatic ring is 1. The predicted molar refractivity (Wildman–Crippen MR) is 111 cm³/mol. The first-order valence-electron chi connectivity index (χ1n) is 8.71. The number of nitrogens with two attached hydrogens (primary N) is 1. The first-order valence-corrected chi connectivity index (χ1v) is 9.69. The molecule has 146 valence electrons. The van der Waals surface area contributed by atoms with E-state index in [1.165, 1.54) is 34.1 Å². The largest absolute Gasteiger partial charge is 0.335 e. The van der Waals surface area contributed by atoms with E-state index in [1.807, 2.05) is 37.3 Å². The summed E-state index contributed by atoms with van der Waals surface area (Å²) < 4.78 is 1.41. The molecule has 0 saturated carbocycles. The number of thioether (sulfide) groups is 1. The molecule has 0 unspecified atom stereocenters. The minimum absolute atomic E-state index is 0.0617. The summed E-state index contributed by atoms with van der Waals surface area (Å²) in [6.07, 6.45) is 0. The Morgan fingerprint density at radius 3 is 2.55 bits per heavy atom. The summed E-state index contributed by atoms with van der Waals surface area (Å²) in [6, 6.07) is 16.3. The van der Waals surface area contributed by atoms with Crippen LogP contribution in [0.25, 0.3) is 22.8 Å². The fraction of sp³-hybridized carbons (Fsp3) is 0.105. The Labute approximate surface area is 170 Å². The molecule has 0 atom stereocenters. The van der Waals surface area contributed by atoms with Crippen LogP contribution >= 0.6 is 11.8 Å². The van der Waals surface area contributed by atoms with E-state index in [-0.39, 0.29) is 5.69 Å². The molecule has 0 radical (unpaired) electrons. The Morgan fingerprint density at radius 2 is 1.86 bits per heavy atom. The molecular formula is C19H17N7O2S. The van der Waals surface area contributed by atoms with Crippen molar-refractivity contribution in [1.82, 2.24) is 25.1 Å². The third-order valence-corrected chi connectivity index (χ3v) is 5.36. The van der Waals surface area contributed by atoms with Crippen molar-refractivity contribution in [2.24, 2.45) is 0 Å². The topological polar surface area (TPSA) is 129 Å². The molecule has 0 fully saturated rings. The molecule has 4 rings (SSSR count). The van der Waals surface area contributed by atoms with E-state index >= 15 is 0 Å². The summed E-state index contributed by atoms with van der Waals surface area (Å²) in [4.78, 5) is 10.3. The average molecular weight is 407 g/mol. The fourth-order valence-corrected chi connectivity index (χ4v) is 3.54. The van der Waals surface area contributed by atoms with Crippen LogP contribution in [0, 0.1) is 17.0 Å². The van der Waals surface area contributed by atoms with Crippen LogP contribution in [-0.2, 0) is 5.75 Å². The number of H-pyrrole nitrogens is 1. The second kappa shape index (κ2) is 7.76. The monoisotopic (exact) mass is 407 g/mol. The number of aromatic amines is 1. The van der Waals surface area contributed by atoms with Crippen LogP contribution < -0.4 is 5.84 Å². The number of benzene rings is 2. The van der Waals surface area contributed by atoms with Crippen molar-refractivity contribution in [3.8, 4) is 22.8 Å². The summed E-state index contributed by atoms with van der Waals surface area (Å²) in [6.45, 7) is 2.03. The van der Waals surface area contributed by atoms with Gasteiger partial charge in [0.2, 0.25) is 11.0 Å². The van der Waals surface area contributed by atoms with Gasteiger partial charge in [-0.1, -0.05) is 53.7 Å². The quantitative estimate of drug-likeness (QED) is 0.216. The van der Waals surface area contributed by atoms with Crippen LogP contribution in [0.15, 0.2) is 59.8 Å². The van der Waals surface area contributed by atoms with Gasteiger partial charge in [-0.05, 0) is 18.6 Å². The van der Waals surface area contributed by atoms with E-state index in [1.54, 1.807) is 12.1 Å². The Morgan fingerprint density at radius 1 is 1.14 bits per heavy atom. The second-order valence-electron chi connectivity index (χ2n) is 6.42. The SMILES string of the molecule is Cc1ccc(-c2cc(-c3nnc(SCc4ccc([N+](=O)[O-])cc4)n3N)[nH]n2)cc1. The molecule has 3 N–H and O–H groups in total. The van der Waals surface area contributed by atoms with E-state index in [0.717, 1.165) is 16.8 Å². The number of non-ortho nitro benzene ring substituents is 1. The van der Waals surface area contributed by atoms with E-state index in [9.17, 15) is 10.1 Å². The van der Waals surface area contributed by atoms with Gasteiger partial charge in [0.15, 0.2) is 0 Å². The molecule has 10 heteroatoms. The van der Waals surface area contributed by atoms with E-state index in [4.69, 9.17) is 5.84 Å². The van der Waals surface area contributed by atoms with Crippen molar-refractivity contribution in [3.05, 3.63) is 75.8 Å². The zero-order valence-electron chi connectivity index (χ0n) is 15.4. The lowest BCUT2D eigenvalue weighted by Gasteiger charge is -2.02. The maximum Gasteiger partial charge on any atom is 0.269 e. The molecule has 0 bridgehead atoms. The number of aromatic nitrogens is 5. The molecule has 0 aliphatic heterocycles. The van der Waals surface area contributed by atoms with E-state index < -0.39 is 4.92 Å². The molecule has 0 aliphatic carbocycles. The molecule has 29 heavy (non-hydrogen) atoms. The van der Waals surface area contributed by atoms with Crippen molar-refractivity contribution in [1.29, 1.82) is 0 Å². The van der Waals surface area contributed by atoms with Gasteiger partial charge in [0, 0.05) is 23.4 Å². The highest BCUT2D eigenvalue weighted by molar-refractivity contribution is 7.98. The van der Waals surface area contributed by atoms with Crippen molar-refractivity contribution in [2.75, 3.05) is 5.84 Å². The highest BCUT2D eigenvalue weighted by Gasteiger charge is 2.15. The average Bonchev–Trinajstić information content (AvgIpc) is 3.34. The number of nitrogens with one attached hydrogen (secondary N) is 1. The van der Waals surface area contributed by atoms with Crippen molar-refractivity contribution in [3.63, 3.8) is 0 Å². The first-order chi connectivity index (χ1) is 14.0. The van der Waals surface area contributed by atoms with Gasteiger partial charge in [-0.3, -0.25) is 15.2 Å². The lowest BCUT2D eigenvalue weighted by molar-refractivity contribution is -0.384. The maximum atomic E-state index is 10.7. The molecule has 4 aromatic rings. The van der Waals surface area contributed by atoms with Crippen molar-refractivity contribution in [2.45, 2.75) is 17.8 Å². The van der Waals surface area contributed by atoms with Crippen LogP contribution in [0.3, 0.4) is 0 Å². The smallest absolute Gasteiger partial charge is 0.269 e. The third kappa shape index (κ3) is 3.97. The minimum Gasteiger partial charge on any atom is -0.335 e. The molecular weight excluding hydrogens is 390 g/mol. The Balaban J connectivity index is 1.48. The van der Waals surface area contributed by atoms with E-state index in [0.29, 0.717) is 22.4 Å². The van der Waals surface area contributed by atoms with Crippen LogP contribution in [0.5, 0.6) is 0 Å². The van der Waals surface area contributed by atoms with Crippen LogP contribution in [0.2, 0.25) is 0 Å². The Bertz CT molecular complexity index is 1150. The number of nitrogens with zero attached hydrogens (tertiary/aromatic N) is 5. The van der Waals surface area contributed by atoms with Gasteiger partial charge in [0.25, 0.3) is 5.69 Å². The molecule has 0 aliphatic rings. The minimum atomic E-state index is -0.422. The van der Waals surface area contributed by atoms with Crippen LogP contribution in [0.1, 0.15) is 11.1 Å². The molecule has 0 amide bonds. The van der Waals surface area contributed by atoms with Gasteiger partial charge in [-0.25, -0.2) is 4.68 Å². The van der Waals surface area contributed by atoms with Gasteiger partial charge >= 0.3 is 0 Å². The molecule has 0 saturated heterocycles. The lowest BCUT2D eigenvalue weighted by Crippen LogP contribution is -2.11. The van der Waals surface area contributed by atoms with Gasteiger partial charge in [0.05, 0.1) is 10.6 Å². The summed E-state index contributed by atoms with van der Waals surface area (Å²) in [5.41, 5.74) is 4.62. The van der Waals surface area contributed by atoms with Gasteiger partial charge in [-0.15, -0.1) is 10.2 Å². The maximum absolute atomic E-state index is 10.7. The summed E-state index contributed by atoms with van der Waals surface area (Å²) in [5.74, 6) is 7.20. The Hall–Kier alpha value is -3.66. The number of hydrogen-bond acceptors (Lipinski definition) is 7. The van der Waals surface area contributed by atoms with Gasteiger partial charge in [0.1, 0.15) is 5.69 Å². The van der Waals surface area contributed by atoms with Crippen molar-refractivity contribution < 1.29 is 4.92 Å². The summed E-state index contributed by atoms with van der Waals surface area (Å²) in [5, 5.41) is 26.9.